The summed E-state index contributed by atoms with van der Waals surface area (Å²) in [5.41, 5.74) is 2.30. The first-order chi connectivity index (χ1) is 15.8. The van der Waals surface area contributed by atoms with Crippen LogP contribution < -0.4 is 10.2 Å². The lowest BCUT2D eigenvalue weighted by atomic mass is 9.96. The number of hydrogen-bond acceptors (Lipinski definition) is 7. The monoisotopic (exact) mass is 453 g/mol. The number of nitrogens with zero attached hydrogens (tertiary/aromatic N) is 2. The number of anilines is 1. The van der Waals surface area contributed by atoms with Crippen molar-refractivity contribution in [2.24, 2.45) is 0 Å². The van der Waals surface area contributed by atoms with Gasteiger partial charge in [0.05, 0.1) is 19.3 Å². The lowest BCUT2D eigenvalue weighted by Crippen LogP contribution is -2.60. The van der Waals surface area contributed by atoms with E-state index in [9.17, 15) is 25.4 Å². The number of ether oxygens (including phenoxy) is 1. The number of benzene rings is 2. The number of fused-ring (bicyclic) bond motifs is 1. The zero-order chi connectivity index (χ0) is 24.1. The van der Waals surface area contributed by atoms with Crippen molar-refractivity contribution in [3.63, 3.8) is 0 Å². The number of rotatable bonds is 7. The van der Waals surface area contributed by atoms with Gasteiger partial charge in [0.1, 0.15) is 30.0 Å². The van der Waals surface area contributed by atoms with Gasteiger partial charge in [0.2, 0.25) is 0 Å². The molecule has 8 heteroatoms. The number of carbonyl (C=O) groups excluding carboxylic acids is 1. The molecule has 0 aliphatic carbocycles. The van der Waals surface area contributed by atoms with Gasteiger partial charge in [-0.15, -0.1) is 0 Å². The molecule has 1 heterocycles. The van der Waals surface area contributed by atoms with E-state index >= 15 is 0 Å². The summed E-state index contributed by atoms with van der Waals surface area (Å²) in [6, 6.07) is 13.1. The Bertz CT molecular complexity index is 1070. The Kier molecular flexibility index (Phi) is 8.06. The van der Waals surface area contributed by atoms with Crippen molar-refractivity contribution in [1.29, 1.82) is 5.26 Å². The van der Waals surface area contributed by atoms with E-state index < -0.39 is 36.9 Å². The molecule has 3 rings (SSSR count). The summed E-state index contributed by atoms with van der Waals surface area (Å²) in [6.07, 6.45) is -3.58. The van der Waals surface area contributed by atoms with Crippen LogP contribution in [0.15, 0.2) is 42.0 Å². The molecule has 0 radical (unpaired) electrons. The molecule has 0 saturated carbocycles. The van der Waals surface area contributed by atoms with E-state index in [2.05, 4.69) is 36.2 Å². The molecule has 4 atom stereocenters. The van der Waals surface area contributed by atoms with E-state index in [1.807, 2.05) is 30.3 Å². The third kappa shape index (κ3) is 5.18. The minimum Gasteiger partial charge on any atom is -0.394 e. The van der Waals surface area contributed by atoms with E-state index in [-0.39, 0.29) is 12.2 Å². The van der Waals surface area contributed by atoms with Crippen molar-refractivity contribution in [3.8, 4) is 6.07 Å². The fraction of sp³-hybridized carbons (Fsp3) is 0.440. The Morgan fingerprint density at radius 2 is 1.82 bits per heavy atom. The van der Waals surface area contributed by atoms with E-state index in [0.29, 0.717) is 5.57 Å². The topological polar surface area (TPSA) is 126 Å². The van der Waals surface area contributed by atoms with Crippen LogP contribution in [0, 0.1) is 11.3 Å². The maximum atomic E-state index is 12.8. The minimum absolute atomic E-state index is 0.0833. The average Bonchev–Trinajstić information content (AvgIpc) is 2.83. The van der Waals surface area contributed by atoms with E-state index in [1.54, 1.807) is 6.92 Å². The first-order valence-corrected chi connectivity index (χ1v) is 11.1. The third-order valence-corrected chi connectivity index (χ3v) is 6.23. The summed E-state index contributed by atoms with van der Waals surface area (Å²) >= 11 is 0. The zero-order valence-electron chi connectivity index (χ0n) is 19.2. The van der Waals surface area contributed by atoms with Gasteiger partial charge in [0.15, 0.2) is 0 Å². The molecule has 1 fully saturated rings. The fourth-order valence-corrected chi connectivity index (χ4v) is 4.11. The highest BCUT2D eigenvalue weighted by Crippen LogP contribution is 2.27. The van der Waals surface area contributed by atoms with Crippen LogP contribution in [0.4, 0.5) is 5.69 Å². The Morgan fingerprint density at radius 3 is 2.45 bits per heavy atom. The molecule has 1 aliphatic heterocycles. The lowest BCUT2D eigenvalue weighted by molar-refractivity contribution is -0.163. The van der Waals surface area contributed by atoms with Gasteiger partial charge in [-0.2, -0.15) is 5.26 Å². The molecule has 0 spiro atoms. The number of aliphatic hydroxyl groups is 3. The fourth-order valence-electron chi connectivity index (χ4n) is 4.11. The summed E-state index contributed by atoms with van der Waals surface area (Å²) < 4.78 is 5.30. The smallest absolute Gasteiger partial charge is 0.262 e. The normalized spacial score (nSPS) is 23.5. The largest absolute Gasteiger partial charge is 0.394 e. The number of nitriles is 1. The van der Waals surface area contributed by atoms with Crippen molar-refractivity contribution in [2.45, 2.75) is 45.1 Å². The molecule has 2 aromatic rings. The second kappa shape index (κ2) is 10.8. The van der Waals surface area contributed by atoms with Crippen LogP contribution in [0.25, 0.3) is 16.3 Å². The highest BCUT2D eigenvalue weighted by molar-refractivity contribution is 6.05. The predicted octanol–water partition coefficient (Wildman–Crippen LogP) is 1.58. The number of aliphatic hydroxyl groups excluding tert-OH is 3. The van der Waals surface area contributed by atoms with Crippen LogP contribution in [0.2, 0.25) is 0 Å². The first-order valence-electron chi connectivity index (χ1n) is 11.1. The molecular formula is C25H31N3O5. The molecule has 176 valence electrons. The third-order valence-electron chi connectivity index (χ3n) is 6.23. The van der Waals surface area contributed by atoms with Gasteiger partial charge in [0.25, 0.3) is 5.91 Å². The molecular weight excluding hydrogens is 422 g/mol. The first kappa shape index (κ1) is 24.7. The Balaban J connectivity index is 1.84. The van der Waals surface area contributed by atoms with Gasteiger partial charge in [-0.25, -0.2) is 0 Å². The second-order valence-corrected chi connectivity index (χ2v) is 8.15. The van der Waals surface area contributed by atoms with Crippen LogP contribution >= 0.6 is 0 Å². The minimum atomic E-state index is -1.34. The van der Waals surface area contributed by atoms with E-state index in [0.717, 1.165) is 35.1 Å². The van der Waals surface area contributed by atoms with Gasteiger partial charge < -0.3 is 30.3 Å². The predicted molar refractivity (Wildman–Crippen MR) is 126 cm³/mol. The van der Waals surface area contributed by atoms with Gasteiger partial charge >= 0.3 is 0 Å². The Morgan fingerprint density at radius 1 is 1.15 bits per heavy atom. The number of carbonyl (C=O) groups is 1. The van der Waals surface area contributed by atoms with Crippen molar-refractivity contribution < 1.29 is 24.9 Å². The Labute approximate surface area is 193 Å². The lowest BCUT2D eigenvalue weighted by Gasteiger charge is -2.37. The van der Waals surface area contributed by atoms with Crippen LogP contribution in [-0.2, 0) is 9.53 Å². The van der Waals surface area contributed by atoms with Crippen molar-refractivity contribution >= 4 is 27.9 Å². The van der Waals surface area contributed by atoms with Crippen LogP contribution in [0.3, 0.4) is 0 Å². The molecule has 2 aromatic carbocycles. The molecule has 0 aromatic heterocycles. The molecule has 8 nitrogen and oxygen atoms in total. The summed E-state index contributed by atoms with van der Waals surface area (Å²) in [5, 5.41) is 43.8. The van der Waals surface area contributed by atoms with Gasteiger partial charge in [0, 0.05) is 18.8 Å². The van der Waals surface area contributed by atoms with Crippen molar-refractivity contribution in [2.75, 3.05) is 31.2 Å². The molecule has 33 heavy (non-hydrogen) atoms. The highest BCUT2D eigenvalue weighted by Gasteiger charge is 2.39. The molecule has 0 unspecified atom stereocenters. The summed E-state index contributed by atoms with van der Waals surface area (Å²) in [6.45, 7) is 7.24. The van der Waals surface area contributed by atoms with Crippen LogP contribution in [0.5, 0.6) is 0 Å². The second-order valence-electron chi connectivity index (χ2n) is 8.15. The van der Waals surface area contributed by atoms with Gasteiger partial charge in [-0.05, 0) is 60.9 Å². The maximum Gasteiger partial charge on any atom is 0.262 e. The number of allylic oxidation sites excluding steroid dienone is 1. The molecule has 1 saturated heterocycles. The average molecular weight is 454 g/mol. The van der Waals surface area contributed by atoms with Gasteiger partial charge in [-0.3, -0.25) is 4.79 Å². The highest BCUT2D eigenvalue weighted by atomic mass is 16.5. The summed E-state index contributed by atoms with van der Waals surface area (Å²) in [4.78, 5) is 15.1. The SMILES string of the molecule is CCN(CC)c1ccc2cc(/C(C)=C(\C#N)C(=O)N[C@H]3CO[C@H](CO)[C@@H](O)[C@@H]3O)ccc2c1. The zero-order valence-corrected chi connectivity index (χ0v) is 19.2. The summed E-state index contributed by atoms with van der Waals surface area (Å²) in [5.74, 6) is -0.658. The number of nitrogens with one attached hydrogen (secondary N) is 1. The molecule has 1 aliphatic rings. The molecule has 0 bridgehead atoms. The molecule has 4 N–H and O–H groups in total. The maximum absolute atomic E-state index is 12.8. The van der Waals surface area contributed by atoms with Crippen molar-refractivity contribution in [3.05, 3.63) is 47.5 Å². The van der Waals surface area contributed by atoms with Crippen molar-refractivity contribution in [1.82, 2.24) is 5.32 Å². The summed E-state index contributed by atoms with van der Waals surface area (Å²) in [7, 11) is 0. The Hall–Kier alpha value is -2.96. The quantitative estimate of drug-likeness (QED) is 0.370. The van der Waals surface area contributed by atoms with E-state index in [4.69, 9.17) is 4.74 Å². The van der Waals surface area contributed by atoms with Crippen LogP contribution in [0.1, 0.15) is 26.3 Å². The van der Waals surface area contributed by atoms with Crippen LogP contribution in [-0.4, -0.2) is 71.9 Å². The standard InChI is InChI=1S/C25H31N3O5/c1-4-28(5-2)19-9-8-17-10-16(6-7-18(17)11-19)15(3)20(12-26)25(32)27-21-14-33-22(13-29)24(31)23(21)30/h6-11,21-24,29-31H,4-5,13-14H2,1-3H3,(H,27,32)/b20-15+/t21-,22+,23+,24+/m0/s1. The number of hydrogen-bond donors (Lipinski definition) is 4. The van der Waals surface area contributed by atoms with E-state index in [1.165, 1.54) is 0 Å². The molecule has 1 amide bonds. The number of amides is 1. The van der Waals surface area contributed by atoms with Gasteiger partial charge in [-0.1, -0.05) is 18.2 Å².